The second-order valence-electron chi connectivity index (χ2n) is 6.10. The second-order valence-corrected chi connectivity index (χ2v) is 7.90. The zero-order valence-electron chi connectivity index (χ0n) is 14.6. The summed E-state index contributed by atoms with van der Waals surface area (Å²) in [5.74, 6) is 0.694. The van der Waals surface area contributed by atoms with E-state index >= 15 is 0 Å². The topological polar surface area (TPSA) is 103 Å². The van der Waals surface area contributed by atoms with Crippen molar-refractivity contribution >= 4 is 64.3 Å². The standard InChI is InChI=1S/C19H12Cl2N2O5S/c20-15-3-1-11(7-17(15)22(25)26)5-13-9-29-10-14(19(13)24)6-12-2-4-16(21)18(8-12)23(27)28/h1-8H,9-10H2/b13-5+,14-6+. The molecule has 0 unspecified atom stereocenters. The van der Waals surface area contributed by atoms with Crippen LogP contribution in [-0.2, 0) is 4.79 Å². The number of benzene rings is 2. The third-order valence-electron chi connectivity index (χ3n) is 4.11. The first-order valence-electron chi connectivity index (χ1n) is 8.17. The molecular weight excluding hydrogens is 439 g/mol. The zero-order valence-corrected chi connectivity index (χ0v) is 17.0. The van der Waals surface area contributed by atoms with E-state index in [9.17, 15) is 25.0 Å². The number of nitro benzene ring substituents is 2. The number of ketones is 1. The van der Waals surface area contributed by atoms with Crippen molar-refractivity contribution in [2.75, 3.05) is 11.5 Å². The Hall–Kier alpha value is -2.68. The third-order valence-corrected chi connectivity index (χ3v) is 5.78. The predicted octanol–water partition coefficient (Wildman–Crippen LogP) is 5.59. The highest BCUT2D eigenvalue weighted by Crippen LogP contribution is 2.31. The molecule has 2 aromatic rings. The second kappa shape index (κ2) is 8.77. The summed E-state index contributed by atoms with van der Waals surface area (Å²) in [7, 11) is 0. The first kappa shape index (κ1) is 21.0. The van der Waals surface area contributed by atoms with Gasteiger partial charge in [0.15, 0.2) is 5.78 Å². The fourth-order valence-corrected chi connectivity index (χ4v) is 4.09. The van der Waals surface area contributed by atoms with E-state index < -0.39 is 9.85 Å². The van der Waals surface area contributed by atoms with Crippen LogP contribution in [0.15, 0.2) is 47.5 Å². The van der Waals surface area contributed by atoms with Crippen molar-refractivity contribution in [3.63, 3.8) is 0 Å². The number of rotatable bonds is 4. The van der Waals surface area contributed by atoms with E-state index in [1.807, 2.05) is 0 Å². The Balaban J connectivity index is 1.93. The van der Waals surface area contributed by atoms with Crippen molar-refractivity contribution in [1.29, 1.82) is 0 Å². The van der Waals surface area contributed by atoms with Crippen LogP contribution in [0.4, 0.5) is 11.4 Å². The number of thioether (sulfide) groups is 1. The molecule has 0 saturated carbocycles. The third kappa shape index (κ3) is 4.84. The SMILES string of the molecule is O=C1/C(=C/c2ccc(Cl)c([N+](=O)[O-])c2)CSC/C1=C\c1ccc(Cl)c([N+](=O)[O-])c1. The summed E-state index contributed by atoms with van der Waals surface area (Å²) in [5.41, 5.74) is 1.48. The number of hydrogen-bond acceptors (Lipinski definition) is 6. The Morgan fingerprint density at radius 3 is 1.62 bits per heavy atom. The van der Waals surface area contributed by atoms with Gasteiger partial charge in [0.2, 0.25) is 0 Å². The Morgan fingerprint density at radius 2 is 1.24 bits per heavy atom. The monoisotopic (exact) mass is 450 g/mol. The molecule has 2 aromatic carbocycles. The molecule has 7 nitrogen and oxygen atoms in total. The van der Waals surface area contributed by atoms with Gasteiger partial charge in [0.05, 0.1) is 9.85 Å². The number of nitro groups is 2. The maximum atomic E-state index is 12.8. The molecule has 1 aliphatic heterocycles. The van der Waals surface area contributed by atoms with E-state index in [4.69, 9.17) is 23.2 Å². The smallest absolute Gasteiger partial charge is 0.288 e. The van der Waals surface area contributed by atoms with Gasteiger partial charge in [-0.05, 0) is 35.4 Å². The van der Waals surface area contributed by atoms with Gasteiger partial charge < -0.3 is 0 Å². The molecule has 0 amide bonds. The summed E-state index contributed by atoms with van der Waals surface area (Å²) >= 11 is 13.1. The van der Waals surface area contributed by atoms with Crippen molar-refractivity contribution in [2.24, 2.45) is 0 Å². The van der Waals surface area contributed by atoms with E-state index in [1.54, 1.807) is 24.3 Å². The Labute approximate surface area is 179 Å². The lowest BCUT2D eigenvalue weighted by atomic mass is 10.0. The molecule has 0 spiro atoms. The lowest BCUT2D eigenvalue weighted by Crippen LogP contribution is -2.16. The molecule has 0 aliphatic carbocycles. The van der Waals surface area contributed by atoms with E-state index in [0.717, 1.165) is 0 Å². The van der Waals surface area contributed by atoms with Gasteiger partial charge in [0, 0.05) is 34.8 Å². The molecule has 148 valence electrons. The van der Waals surface area contributed by atoms with Crippen LogP contribution < -0.4 is 0 Å². The molecule has 0 N–H and O–H groups in total. The summed E-state index contributed by atoms with van der Waals surface area (Å²) in [6.07, 6.45) is 3.19. The highest BCUT2D eigenvalue weighted by molar-refractivity contribution is 7.99. The van der Waals surface area contributed by atoms with Gasteiger partial charge in [-0.1, -0.05) is 35.3 Å². The number of nitrogens with zero attached hydrogens (tertiary/aromatic N) is 2. The number of hydrogen-bond donors (Lipinski definition) is 0. The lowest BCUT2D eigenvalue weighted by molar-refractivity contribution is -0.384. The largest absolute Gasteiger partial charge is 0.289 e. The fourth-order valence-electron chi connectivity index (χ4n) is 2.74. The molecule has 29 heavy (non-hydrogen) atoms. The molecule has 1 saturated heterocycles. The summed E-state index contributed by atoms with van der Waals surface area (Å²) < 4.78 is 0. The van der Waals surface area contributed by atoms with Gasteiger partial charge >= 0.3 is 0 Å². The molecule has 0 bridgehead atoms. The summed E-state index contributed by atoms with van der Waals surface area (Å²) in [5, 5.41) is 22.1. The molecule has 0 atom stereocenters. The van der Waals surface area contributed by atoms with Crippen LogP contribution in [0.5, 0.6) is 0 Å². The molecule has 10 heteroatoms. The molecule has 0 aromatic heterocycles. The predicted molar refractivity (Wildman–Crippen MR) is 114 cm³/mol. The maximum Gasteiger partial charge on any atom is 0.288 e. The molecule has 0 radical (unpaired) electrons. The average molecular weight is 451 g/mol. The van der Waals surface area contributed by atoms with Gasteiger partial charge in [-0.25, -0.2) is 0 Å². The summed E-state index contributed by atoms with van der Waals surface area (Å²) in [4.78, 5) is 33.8. The Bertz CT molecular complexity index is 1010. The Kier molecular flexibility index (Phi) is 6.36. The quantitative estimate of drug-likeness (QED) is 0.341. The van der Waals surface area contributed by atoms with Crippen LogP contribution in [0.25, 0.3) is 12.2 Å². The van der Waals surface area contributed by atoms with Crippen LogP contribution in [0.1, 0.15) is 11.1 Å². The van der Waals surface area contributed by atoms with Gasteiger partial charge in [0.1, 0.15) is 10.0 Å². The lowest BCUT2D eigenvalue weighted by Gasteiger charge is -2.16. The molecule has 1 fully saturated rings. The van der Waals surface area contributed by atoms with Crippen molar-refractivity contribution in [3.05, 3.63) is 88.9 Å². The minimum absolute atomic E-state index is 0.0198. The van der Waals surface area contributed by atoms with E-state index in [0.29, 0.717) is 33.8 Å². The molecule has 1 heterocycles. The van der Waals surface area contributed by atoms with Gasteiger partial charge in [-0.15, -0.1) is 0 Å². The van der Waals surface area contributed by atoms with E-state index in [-0.39, 0.29) is 27.2 Å². The van der Waals surface area contributed by atoms with Crippen molar-refractivity contribution in [3.8, 4) is 0 Å². The number of carbonyl (C=O) groups excluding carboxylic acids is 1. The minimum Gasteiger partial charge on any atom is -0.289 e. The summed E-state index contributed by atoms with van der Waals surface area (Å²) in [6, 6.07) is 8.65. The highest BCUT2D eigenvalue weighted by Gasteiger charge is 2.22. The van der Waals surface area contributed by atoms with Crippen LogP contribution in [0.3, 0.4) is 0 Å². The van der Waals surface area contributed by atoms with Gasteiger partial charge in [0.25, 0.3) is 11.4 Å². The van der Waals surface area contributed by atoms with Crippen molar-refractivity contribution in [1.82, 2.24) is 0 Å². The van der Waals surface area contributed by atoms with Crippen molar-refractivity contribution in [2.45, 2.75) is 0 Å². The van der Waals surface area contributed by atoms with Crippen LogP contribution in [-0.4, -0.2) is 27.1 Å². The van der Waals surface area contributed by atoms with Crippen LogP contribution in [0, 0.1) is 20.2 Å². The van der Waals surface area contributed by atoms with Crippen LogP contribution in [0.2, 0.25) is 10.0 Å². The minimum atomic E-state index is -0.583. The number of carbonyl (C=O) groups is 1. The highest BCUT2D eigenvalue weighted by atomic mass is 35.5. The summed E-state index contributed by atoms with van der Waals surface area (Å²) in [6.45, 7) is 0. The normalized spacial score (nSPS) is 17.0. The van der Waals surface area contributed by atoms with E-state index in [2.05, 4.69) is 0 Å². The van der Waals surface area contributed by atoms with Crippen LogP contribution >= 0.6 is 35.0 Å². The van der Waals surface area contributed by atoms with Crippen molar-refractivity contribution < 1.29 is 14.6 Å². The average Bonchev–Trinajstić information content (AvgIpc) is 2.67. The van der Waals surface area contributed by atoms with Gasteiger partial charge in [-0.2, -0.15) is 11.8 Å². The number of Topliss-reactive ketones (excluding diaryl/α,β-unsaturated/α-hetero) is 1. The fraction of sp³-hybridized carbons (Fsp3) is 0.105. The molecule has 1 aliphatic rings. The zero-order chi connectivity index (χ0) is 21.1. The van der Waals surface area contributed by atoms with E-state index in [1.165, 1.54) is 36.0 Å². The molecular formula is C19H12Cl2N2O5S. The first-order chi connectivity index (χ1) is 13.8. The molecule has 3 rings (SSSR count). The number of halogens is 2. The Morgan fingerprint density at radius 1 is 0.828 bits per heavy atom. The van der Waals surface area contributed by atoms with Gasteiger partial charge in [-0.3, -0.25) is 25.0 Å². The first-order valence-corrected chi connectivity index (χ1v) is 10.1. The maximum absolute atomic E-state index is 12.8.